The second-order valence-electron chi connectivity index (χ2n) is 8.24. The molecule has 1 atom stereocenters. The average molecular weight is 413 g/mol. The Morgan fingerprint density at radius 2 is 1.33 bits per heavy atom. The molecule has 0 aliphatic rings. The Morgan fingerprint density at radius 1 is 0.733 bits per heavy atom. The van der Waals surface area contributed by atoms with Crippen molar-refractivity contribution in [2.24, 2.45) is 5.92 Å². The van der Waals surface area contributed by atoms with Gasteiger partial charge in [0, 0.05) is 5.56 Å². The van der Waals surface area contributed by atoms with E-state index in [9.17, 15) is 0 Å². The van der Waals surface area contributed by atoms with Crippen molar-refractivity contribution in [3.8, 4) is 22.9 Å². The van der Waals surface area contributed by atoms with Crippen LogP contribution in [0, 0.1) is 5.92 Å². The molecule has 0 radical (unpaired) electrons. The van der Waals surface area contributed by atoms with Gasteiger partial charge in [-0.25, -0.2) is 9.97 Å². The van der Waals surface area contributed by atoms with E-state index >= 15 is 0 Å². The van der Waals surface area contributed by atoms with Crippen molar-refractivity contribution >= 4 is 0 Å². The molecule has 0 fully saturated rings. The van der Waals surface area contributed by atoms with E-state index in [1.807, 2.05) is 24.3 Å². The monoisotopic (exact) mass is 412 g/mol. The smallest absolute Gasteiger partial charge is 0.159 e. The summed E-state index contributed by atoms with van der Waals surface area (Å²) in [5.74, 6) is 3.21. The van der Waals surface area contributed by atoms with Gasteiger partial charge in [0.2, 0.25) is 0 Å². The van der Waals surface area contributed by atoms with Gasteiger partial charge in [-0.2, -0.15) is 0 Å². The zero-order valence-corrected chi connectivity index (χ0v) is 19.2. The minimum absolute atomic E-state index is 0.710. The van der Waals surface area contributed by atoms with E-state index in [4.69, 9.17) is 9.47 Å². The van der Waals surface area contributed by atoms with E-state index in [0.29, 0.717) is 5.82 Å². The van der Waals surface area contributed by atoms with Crippen molar-refractivity contribution in [1.29, 1.82) is 0 Å². The molecule has 0 amide bonds. The van der Waals surface area contributed by atoms with Gasteiger partial charge in [-0.05, 0) is 43.0 Å². The summed E-state index contributed by atoms with van der Waals surface area (Å²) in [5.41, 5.74) is 0.987. The minimum atomic E-state index is 0.710. The maximum Gasteiger partial charge on any atom is 0.159 e. The lowest BCUT2D eigenvalue weighted by atomic mass is 10.0. The summed E-state index contributed by atoms with van der Waals surface area (Å²) in [4.78, 5) is 8.91. The van der Waals surface area contributed by atoms with Crippen LogP contribution in [-0.2, 0) is 0 Å². The Balaban J connectivity index is 1.66. The first-order chi connectivity index (χ1) is 14.7. The SMILES string of the molecule is CCCCCCOc1ccc(-c2ncc(OCCCCCCC(C)CC)cn2)cc1. The van der Waals surface area contributed by atoms with E-state index in [0.717, 1.165) is 49.0 Å². The molecule has 0 bridgehead atoms. The van der Waals surface area contributed by atoms with Crippen LogP contribution < -0.4 is 9.47 Å². The molecule has 0 N–H and O–H groups in total. The fraction of sp³-hybridized carbons (Fsp3) is 0.615. The van der Waals surface area contributed by atoms with Crippen LogP contribution in [0.3, 0.4) is 0 Å². The number of benzene rings is 1. The summed E-state index contributed by atoms with van der Waals surface area (Å²) >= 11 is 0. The van der Waals surface area contributed by atoms with Crippen molar-refractivity contribution in [3.63, 3.8) is 0 Å². The fourth-order valence-electron chi connectivity index (χ4n) is 3.30. The second kappa shape index (κ2) is 14.8. The van der Waals surface area contributed by atoms with Crippen LogP contribution in [0.25, 0.3) is 11.4 Å². The standard InChI is InChI=1S/C26H40N2O2/c1-4-6-7-11-18-29-24-16-14-23(15-17-24)26-27-20-25(21-28-26)30-19-12-9-8-10-13-22(3)5-2/h14-17,20-22H,4-13,18-19H2,1-3H3. The summed E-state index contributed by atoms with van der Waals surface area (Å²) in [6.07, 6.45) is 16.0. The molecule has 166 valence electrons. The Morgan fingerprint density at radius 3 is 1.97 bits per heavy atom. The average Bonchev–Trinajstić information content (AvgIpc) is 2.79. The zero-order chi connectivity index (χ0) is 21.4. The molecule has 1 unspecified atom stereocenters. The van der Waals surface area contributed by atoms with Crippen LogP contribution in [0.2, 0.25) is 0 Å². The van der Waals surface area contributed by atoms with Gasteiger partial charge in [-0.15, -0.1) is 0 Å². The first kappa shape index (κ1) is 24.2. The number of unbranched alkanes of at least 4 members (excludes halogenated alkanes) is 6. The maximum absolute atomic E-state index is 5.80. The lowest BCUT2D eigenvalue weighted by Gasteiger charge is -2.09. The van der Waals surface area contributed by atoms with Crippen molar-refractivity contribution in [2.45, 2.75) is 85.0 Å². The van der Waals surface area contributed by atoms with Gasteiger partial charge in [-0.3, -0.25) is 0 Å². The summed E-state index contributed by atoms with van der Waals surface area (Å²) < 4.78 is 11.6. The molecule has 0 saturated carbocycles. The lowest BCUT2D eigenvalue weighted by molar-refractivity contribution is 0.301. The third kappa shape index (κ3) is 9.60. The van der Waals surface area contributed by atoms with Crippen molar-refractivity contribution in [3.05, 3.63) is 36.7 Å². The van der Waals surface area contributed by atoms with E-state index < -0.39 is 0 Å². The molecule has 1 aromatic carbocycles. The zero-order valence-electron chi connectivity index (χ0n) is 19.2. The summed E-state index contributed by atoms with van der Waals surface area (Å²) in [6.45, 7) is 8.34. The molecular formula is C26H40N2O2. The molecule has 4 heteroatoms. The molecule has 2 rings (SSSR count). The first-order valence-electron chi connectivity index (χ1n) is 11.9. The molecular weight excluding hydrogens is 372 g/mol. The Labute approximate surface area is 183 Å². The van der Waals surface area contributed by atoms with Crippen molar-refractivity contribution in [2.75, 3.05) is 13.2 Å². The highest BCUT2D eigenvalue weighted by molar-refractivity contribution is 5.56. The highest BCUT2D eigenvalue weighted by atomic mass is 16.5. The Kier molecular flexibility index (Phi) is 11.9. The van der Waals surface area contributed by atoms with Gasteiger partial charge in [0.15, 0.2) is 11.6 Å². The Hall–Kier alpha value is -2.10. The van der Waals surface area contributed by atoms with Crippen LogP contribution in [0.4, 0.5) is 0 Å². The van der Waals surface area contributed by atoms with Crippen molar-refractivity contribution < 1.29 is 9.47 Å². The van der Waals surface area contributed by atoms with E-state index in [1.54, 1.807) is 12.4 Å². The second-order valence-corrected chi connectivity index (χ2v) is 8.24. The van der Waals surface area contributed by atoms with Crippen LogP contribution in [0.15, 0.2) is 36.7 Å². The third-order valence-corrected chi connectivity index (χ3v) is 5.56. The van der Waals surface area contributed by atoms with Crippen molar-refractivity contribution in [1.82, 2.24) is 9.97 Å². The molecule has 0 spiro atoms. The molecule has 30 heavy (non-hydrogen) atoms. The highest BCUT2D eigenvalue weighted by Gasteiger charge is 2.04. The molecule has 4 nitrogen and oxygen atoms in total. The predicted molar refractivity (Wildman–Crippen MR) is 125 cm³/mol. The lowest BCUT2D eigenvalue weighted by Crippen LogP contribution is -2.00. The van der Waals surface area contributed by atoms with Crippen LogP contribution in [0.1, 0.15) is 85.0 Å². The van der Waals surface area contributed by atoms with E-state index in [1.165, 1.54) is 51.4 Å². The summed E-state index contributed by atoms with van der Waals surface area (Å²) in [7, 11) is 0. The van der Waals surface area contributed by atoms with E-state index in [2.05, 4.69) is 30.7 Å². The quantitative estimate of drug-likeness (QED) is 0.268. The largest absolute Gasteiger partial charge is 0.494 e. The number of hydrogen-bond donors (Lipinski definition) is 0. The van der Waals surface area contributed by atoms with Gasteiger partial charge in [0.25, 0.3) is 0 Å². The number of hydrogen-bond acceptors (Lipinski definition) is 4. The van der Waals surface area contributed by atoms with Crippen LogP contribution in [0.5, 0.6) is 11.5 Å². The fourth-order valence-corrected chi connectivity index (χ4v) is 3.30. The minimum Gasteiger partial charge on any atom is -0.494 e. The van der Waals surface area contributed by atoms with Gasteiger partial charge in [-0.1, -0.05) is 72.1 Å². The van der Waals surface area contributed by atoms with Gasteiger partial charge in [0.05, 0.1) is 25.6 Å². The normalized spacial score (nSPS) is 12.0. The molecule has 1 heterocycles. The molecule has 0 saturated heterocycles. The summed E-state index contributed by atoms with van der Waals surface area (Å²) in [5, 5.41) is 0. The number of ether oxygens (including phenoxy) is 2. The van der Waals surface area contributed by atoms with Crippen LogP contribution >= 0.6 is 0 Å². The Bertz CT molecular complexity index is 670. The molecule has 1 aromatic heterocycles. The molecule has 2 aromatic rings. The van der Waals surface area contributed by atoms with Crippen LogP contribution in [-0.4, -0.2) is 23.2 Å². The van der Waals surface area contributed by atoms with Gasteiger partial charge in [0.1, 0.15) is 5.75 Å². The van der Waals surface area contributed by atoms with Gasteiger partial charge < -0.3 is 9.47 Å². The molecule has 0 aliphatic carbocycles. The highest BCUT2D eigenvalue weighted by Crippen LogP contribution is 2.21. The predicted octanol–water partition coefficient (Wildman–Crippen LogP) is 7.48. The number of nitrogens with zero attached hydrogens (tertiary/aromatic N) is 2. The molecule has 0 aliphatic heterocycles. The number of rotatable bonds is 16. The topological polar surface area (TPSA) is 44.2 Å². The summed E-state index contributed by atoms with van der Waals surface area (Å²) in [6, 6.07) is 8.00. The van der Waals surface area contributed by atoms with E-state index in [-0.39, 0.29) is 0 Å². The third-order valence-electron chi connectivity index (χ3n) is 5.56. The first-order valence-corrected chi connectivity index (χ1v) is 11.9. The van der Waals surface area contributed by atoms with Gasteiger partial charge >= 0.3 is 0 Å². The maximum atomic E-state index is 5.80. The number of aromatic nitrogens is 2.